The van der Waals surface area contributed by atoms with Crippen molar-refractivity contribution < 1.29 is 18.7 Å². The van der Waals surface area contributed by atoms with E-state index in [0.29, 0.717) is 56.1 Å². The molecule has 2 aromatic heterocycles. The van der Waals surface area contributed by atoms with Crippen molar-refractivity contribution >= 4 is 45.3 Å². The first kappa shape index (κ1) is 30.3. The Hall–Kier alpha value is -3.70. The van der Waals surface area contributed by atoms with Crippen LogP contribution in [0.2, 0.25) is 5.02 Å². The molecule has 4 aromatic rings. The number of amides is 1. The number of hydrogen-bond acceptors (Lipinski definition) is 8. The molecule has 0 unspecified atom stereocenters. The highest BCUT2D eigenvalue weighted by Gasteiger charge is 2.48. The largest absolute Gasteiger partial charge is 0.462 e. The number of piperidine rings is 1. The minimum absolute atomic E-state index is 0.0398. The molecule has 4 heterocycles. The van der Waals surface area contributed by atoms with Crippen LogP contribution < -0.4 is 9.64 Å². The Morgan fingerprint density at radius 1 is 1.14 bits per heavy atom. The summed E-state index contributed by atoms with van der Waals surface area (Å²) in [5.74, 6) is 0.0736. The molecule has 44 heavy (non-hydrogen) atoms. The first-order valence-corrected chi connectivity index (χ1v) is 15.4. The first-order chi connectivity index (χ1) is 20.8. The maximum atomic E-state index is 16.7. The number of fused-ring (bicyclic) bond motifs is 2. The van der Waals surface area contributed by atoms with Crippen molar-refractivity contribution in [1.82, 2.24) is 30.0 Å². The van der Waals surface area contributed by atoms with E-state index in [0.717, 1.165) is 29.3 Å². The van der Waals surface area contributed by atoms with Crippen LogP contribution in [0.5, 0.6) is 6.01 Å². The van der Waals surface area contributed by atoms with E-state index < -0.39 is 11.4 Å². The molecule has 0 radical (unpaired) electrons. The predicted molar refractivity (Wildman–Crippen MR) is 170 cm³/mol. The highest BCUT2D eigenvalue weighted by Crippen LogP contribution is 2.45. The number of halogens is 2. The average molecular weight is 624 g/mol. The molecule has 2 aromatic carbocycles. The van der Waals surface area contributed by atoms with Crippen LogP contribution in [0.3, 0.4) is 0 Å². The molecular formula is C32H39ClFN7O3. The molecule has 2 aliphatic rings. The second kappa shape index (κ2) is 11.3. The number of aromatic amines is 1. The number of ether oxygens (including phenoxy) is 2. The van der Waals surface area contributed by atoms with Crippen LogP contribution in [0.4, 0.5) is 15.0 Å². The third-order valence-electron chi connectivity index (χ3n) is 8.52. The Kier molecular flexibility index (Phi) is 7.82. The Balaban J connectivity index is 1.34. The van der Waals surface area contributed by atoms with E-state index in [9.17, 15) is 4.79 Å². The fraction of sp³-hybridized carbons (Fsp3) is 0.500. The third-order valence-corrected chi connectivity index (χ3v) is 8.82. The zero-order valence-electron chi connectivity index (χ0n) is 26.1. The SMILES string of the molecule is Cc1ccc2[nH]ncc2c1-c1c(Cl)cc2c(N3CCC4(CC3)CN(C(=O)OC(C)(C)C)C4)nc(OCCN(C)C)nc2c1F. The van der Waals surface area contributed by atoms with E-state index in [1.807, 2.05) is 58.8 Å². The number of rotatable bonds is 6. The number of benzene rings is 2. The average Bonchev–Trinajstić information content (AvgIpc) is 3.41. The molecule has 0 aliphatic carbocycles. The van der Waals surface area contributed by atoms with Gasteiger partial charge in [0.25, 0.3) is 0 Å². The van der Waals surface area contributed by atoms with Crippen molar-refractivity contribution in [2.24, 2.45) is 5.41 Å². The summed E-state index contributed by atoms with van der Waals surface area (Å²) in [5.41, 5.74) is 2.30. The standard InChI is InChI=1S/C32H39ClFN7O3/c1-19-7-8-23-21(16-35-38-23)24(19)25-22(33)15-20-27(26(25)34)36-29(43-14-13-39(5)6)37-28(20)40-11-9-32(10-12-40)17-41(18-32)30(42)44-31(2,3)4/h7-8,15-16H,9-14,17-18H2,1-6H3,(H,35,38). The lowest BCUT2D eigenvalue weighted by Crippen LogP contribution is -2.62. The number of aryl methyl sites for hydroxylation is 1. The van der Waals surface area contributed by atoms with E-state index in [1.54, 1.807) is 17.2 Å². The van der Waals surface area contributed by atoms with Crippen molar-refractivity contribution in [3.05, 3.63) is 40.8 Å². The molecule has 2 fully saturated rings. The summed E-state index contributed by atoms with van der Waals surface area (Å²) in [7, 11) is 3.91. The number of aromatic nitrogens is 4. The number of hydrogen-bond donors (Lipinski definition) is 1. The summed E-state index contributed by atoms with van der Waals surface area (Å²) >= 11 is 6.89. The maximum Gasteiger partial charge on any atom is 0.410 e. The van der Waals surface area contributed by atoms with Gasteiger partial charge in [0.1, 0.15) is 23.5 Å². The zero-order valence-corrected chi connectivity index (χ0v) is 26.9. The lowest BCUT2D eigenvalue weighted by atomic mass is 9.72. The zero-order chi connectivity index (χ0) is 31.4. The Morgan fingerprint density at radius 2 is 1.86 bits per heavy atom. The molecule has 2 saturated heterocycles. The topological polar surface area (TPSA) is 99.7 Å². The Morgan fingerprint density at radius 3 is 2.55 bits per heavy atom. The van der Waals surface area contributed by atoms with Gasteiger partial charge in [-0.3, -0.25) is 5.10 Å². The number of anilines is 1. The smallest absolute Gasteiger partial charge is 0.410 e. The van der Waals surface area contributed by atoms with Gasteiger partial charge in [0, 0.05) is 60.0 Å². The van der Waals surface area contributed by atoms with Gasteiger partial charge >= 0.3 is 12.1 Å². The number of carbonyl (C=O) groups is 1. The molecule has 234 valence electrons. The van der Waals surface area contributed by atoms with Gasteiger partial charge < -0.3 is 24.2 Å². The van der Waals surface area contributed by atoms with Gasteiger partial charge in [0.05, 0.1) is 16.7 Å². The van der Waals surface area contributed by atoms with Gasteiger partial charge in [-0.15, -0.1) is 0 Å². The monoisotopic (exact) mass is 623 g/mol. The molecule has 10 nitrogen and oxygen atoms in total. The van der Waals surface area contributed by atoms with Crippen LogP contribution in [0, 0.1) is 18.2 Å². The molecule has 0 bridgehead atoms. The number of nitrogens with one attached hydrogen (secondary N) is 1. The normalized spacial score (nSPS) is 16.7. The van der Waals surface area contributed by atoms with Crippen molar-refractivity contribution in [3.63, 3.8) is 0 Å². The number of H-pyrrole nitrogens is 1. The number of nitrogens with zero attached hydrogens (tertiary/aromatic N) is 6. The van der Waals surface area contributed by atoms with Crippen molar-refractivity contribution in [1.29, 1.82) is 0 Å². The van der Waals surface area contributed by atoms with Gasteiger partial charge in [0.15, 0.2) is 5.82 Å². The minimum atomic E-state index is -0.524. The molecule has 0 atom stereocenters. The lowest BCUT2D eigenvalue weighted by Gasteiger charge is -2.53. The highest BCUT2D eigenvalue weighted by molar-refractivity contribution is 6.35. The van der Waals surface area contributed by atoms with Crippen molar-refractivity contribution in [2.45, 2.75) is 46.1 Å². The second-order valence-electron chi connectivity index (χ2n) is 13.3. The number of likely N-dealkylation sites (tertiary alicyclic amines) is 1. The van der Waals surface area contributed by atoms with E-state index in [4.69, 9.17) is 26.1 Å². The summed E-state index contributed by atoms with van der Waals surface area (Å²) in [4.78, 5) is 27.8. The van der Waals surface area contributed by atoms with Gasteiger partial charge in [0.2, 0.25) is 0 Å². The van der Waals surface area contributed by atoms with Gasteiger partial charge in [-0.1, -0.05) is 17.7 Å². The van der Waals surface area contributed by atoms with Gasteiger partial charge in [-0.2, -0.15) is 15.1 Å². The van der Waals surface area contributed by atoms with Crippen LogP contribution >= 0.6 is 11.6 Å². The quantitative estimate of drug-likeness (QED) is 0.277. The summed E-state index contributed by atoms with van der Waals surface area (Å²) in [6, 6.07) is 5.73. The molecule has 6 rings (SSSR count). The Labute approximate surface area is 261 Å². The van der Waals surface area contributed by atoms with Crippen LogP contribution in [0.15, 0.2) is 24.4 Å². The number of carbonyl (C=O) groups excluding carboxylic acids is 1. The molecule has 1 N–H and O–H groups in total. The van der Waals surface area contributed by atoms with Gasteiger partial charge in [-0.05, 0) is 72.3 Å². The van der Waals surface area contributed by atoms with Crippen molar-refractivity contribution in [2.75, 3.05) is 58.3 Å². The van der Waals surface area contributed by atoms with Crippen LogP contribution in [-0.4, -0.2) is 95.1 Å². The summed E-state index contributed by atoms with van der Waals surface area (Å²) in [6.07, 6.45) is 3.15. The molecule has 2 aliphatic heterocycles. The maximum absolute atomic E-state index is 16.7. The van der Waals surface area contributed by atoms with E-state index in [1.165, 1.54) is 0 Å². The van der Waals surface area contributed by atoms with Crippen molar-refractivity contribution in [3.8, 4) is 17.1 Å². The van der Waals surface area contributed by atoms with Crippen LogP contribution in [-0.2, 0) is 4.74 Å². The Bertz CT molecular complexity index is 1720. The third kappa shape index (κ3) is 5.75. The fourth-order valence-corrected chi connectivity index (χ4v) is 6.49. The predicted octanol–water partition coefficient (Wildman–Crippen LogP) is 6.05. The molecule has 1 amide bonds. The molecule has 1 spiro atoms. The fourth-order valence-electron chi connectivity index (χ4n) is 6.20. The van der Waals surface area contributed by atoms with Crippen LogP contribution in [0.1, 0.15) is 39.2 Å². The second-order valence-corrected chi connectivity index (χ2v) is 13.7. The van der Waals surface area contributed by atoms with E-state index in [2.05, 4.69) is 20.1 Å². The van der Waals surface area contributed by atoms with Crippen LogP contribution in [0.25, 0.3) is 32.9 Å². The van der Waals surface area contributed by atoms with E-state index >= 15 is 4.39 Å². The van der Waals surface area contributed by atoms with Gasteiger partial charge in [-0.25, -0.2) is 9.18 Å². The molecule has 0 saturated carbocycles. The van der Waals surface area contributed by atoms with E-state index in [-0.39, 0.29) is 33.6 Å². The summed E-state index contributed by atoms with van der Waals surface area (Å²) in [5, 5.41) is 8.72. The number of likely N-dealkylation sites (N-methyl/N-ethyl adjacent to an activating group) is 1. The molecular weight excluding hydrogens is 585 g/mol. The minimum Gasteiger partial charge on any atom is -0.462 e. The molecule has 12 heteroatoms. The highest BCUT2D eigenvalue weighted by atomic mass is 35.5. The first-order valence-electron chi connectivity index (χ1n) is 15.0. The summed E-state index contributed by atoms with van der Waals surface area (Å²) in [6.45, 7) is 11.3. The lowest BCUT2D eigenvalue weighted by molar-refractivity contribution is -0.0434. The summed E-state index contributed by atoms with van der Waals surface area (Å²) < 4.78 is 28.2.